The number of aliphatic imine (C=N–C) groups is 2. The molecule has 2 aliphatic carbocycles. The summed E-state index contributed by atoms with van der Waals surface area (Å²) in [4.78, 5) is 9.74. The number of thioether (sulfide) groups is 1. The first-order valence-electron chi connectivity index (χ1n) is 7.62. The first kappa shape index (κ1) is 13.9. The predicted molar refractivity (Wildman–Crippen MR) is 86.4 cm³/mol. The molecule has 1 fully saturated rings. The molecule has 108 valence electrons. The summed E-state index contributed by atoms with van der Waals surface area (Å²) in [5.74, 6) is 1.82. The highest BCUT2D eigenvalue weighted by atomic mass is 32.2. The van der Waals surface area contributed by atoms with Crippen molar-refractivity contribution in [2.75, 3.05) is 5.75 Å². The minimum atomic E-state index is 0.337. The third-order valence-corrected chi connectivity index (χ3v) is 5.50. The molecule has 0 aromatic heterocycles. The van der Waals surface area contributed by atoms with Gasteiger partial charge in [-0.2, -0.15) is 0 Å². The van der Waals surface area contributed by atoms with Gasteiger partial charge in [0.05, 0.1) is 0 Å². The number of nitrogens with zero attached hydrogens (tertiary/aromatic N) is 2. The van der Waals surface area contributed by atoms with Gasteiger partial charge in [-0.05, 0) is 62.1 Å². The highest BCUT2D eigenvalue weighted by molar-refractivity contribution is 8.03. The molecule has 0 N–H and O–H groups in total. The van der Waals surface area contributed by atoms with Gasteiger partial charge in [0.2, 0.25) is 5.88 Å². The van der Waals surface area contributed by atoms with Crippen LogP contribution in [0.3, 0.4) is 0 Å². The first-order valence-corrected chi connectivity index (χ1v) is 8.60. The second kappa shape index (κ2) is 6.61. The van der Waals surface area contributed by atoms with E-state index in [0.29, 0.717) is 6.10 Å². The average Bonchev–Trinajstić information content (AvgIpc) is 3.07. The van der Waals surface area contributed by atoms with E-state index in [1.54, 1.807) is 4.91 Å². The summed E-state index contributed by atoms with van der Waals surface area (Å²) in [6.07, 6.45) is 11.8. The molecule has 1 saturated carbocycles. The molecule has 0 saturated heterocycles. The van der Waals surface area contributed by atoms with Gasteiger partial charge in [-0.25, -0.2) is 4.99 Å². The molecule has 1 heterocycles. The van der Waals surface area contributed by atoms with Gasteiger partial charge in [0, 0.05) is 11.3 Å². The van der Waals surface area contributed by atoms with Gasteiger partial charge in [-0.1, -0.05) is 6.42 Å². The van der Waals surface area contributed by atoms with Crippen molar-refractivity contribution in [3.8, 4) is 0 Å². The van der Waals surface area contributed by atoms with E-state index in [1.165, 1.54) is 56.0 Å². The maximum atomic E-state index is 6.23. The van der Waals surface area contributed by atoms with Crippen molar-refractivity contribution >= 4 is 24.8 Å². The van der Waals surface area contributed by atoms with Crippen LogP contribution in [0.2, 0.25) is 0 Å². The molecule has 0 atom stereocenters. The van der Waals surface area contributed by atoms with Crippen molar-refractivity contribution in [1.82, 2.24) is 0 Å². The van der Waals surface area contributed by atoms with E-state index in [9.17, 15) is 0 Å². The van der Waals surface area contributed by atoms with E-state index >= 15 is 0 Å². The van der Waals surface area contributed by atoms with E-state index in [1.807, 2.05) is 11.8 Å². The number of hydrogen-bond acceptors (Lipinski definition) is 3. The minimum Gasteiger partial charge on any atom is -0.474 e. The smallest absolute Gasteiger partial charge is 0.219 e. The Kier molecular flexibility index (Phi) is 4.61. The fourth-order valence-corrected chi connectivity index (χ4v) is 4.55. The second-order valence-electron chi connectivity index (χ2n) is 5.63. The Morgan fingerprint density at radius 2 is 2.05 bits per heavy atom. The lowest BCUT2D eigenvalue weighted by Gasteiger charge is -2.24. The standard InChI is InChI=1S/C16H22N2OS/c1-17-11-18-16(19-12-6-3-2-4-7-12)14-10-20-15-9-5-8-13(14)15/h11-12H,1-10H2. The number of ether oxygens (including phenoxy) is 1. The maximum Gasteiger partial charge on any atom is 0.219 e. The number of allylic oxidation sites excluding steroid dienone is 2. The van der Waals surface area contributed by atoms with Gasteiger partial charge in [0.15, 0.2) is 0 Å². The van der Waals surface area contributed by atoms with Gasteiger partial charge >= 0.3 is 0 Å². The highest BCUT2D eigenvalue weighted by Gasteiger charge is 2.29. The van der Waals surface area contributed by atoms with Crippen molar-refractivity contribution in [3.05, 3.63) is 21.9 Å². The van der Waals surface area contributed by atoms with Gasteiger partial charge in [0.1, 0.15) is 12.4 Å². The van der Waals surface area contributed by atoms with Crippen LogP contribution in [0, 0.1) is 0 Å². The highest BCUT2D eigenvalue weighted by Crippen LogP contribution is 2.47. The molecule has 1 aliphatic heterocycles. The van der Waals surface area contributed by atoms with Crippen LogP contribution in [0.4, 0.5) is 0 Å². The van der Waals surface area contributed by atoms with Crippen LogP contribution in [-0.4, -0.2) is 24.9 Å². The van der Waals surface area contributed by atoms with E-state index in [2.05, 4.69) is 16.7 Å². The fraction of sp³-hybridized carbons (Fsp3) is 0.625. The summed E-state index contributed by atoms with van der Waals surface area (Å²) in [5, 5.41) is 0. The molecule has 4 heteroatoms. The first-order chi connectivity index (χ1) is 9.88. The number of rotatable bonds is 4. The normalized spacial score (nSPS) is 26.2. The molecule has 0 unspecified atom stereocenters. The van der Waals surface area contributed by atoms with Crippen molar-refractivity contribution in [2.45, 2.75) is 57.5 Å². The molecule has 0 aromatic rings. The largest absolute Gasteiger partial charge is 0.474 e. The van der Waals surface area contributed by atoms with Crippen LogP contribution in [0.25, 0.3) is 0 Å². The molecule has 0 aromatic carbocycles. The van der Waals surface area contributed by atoms with Gasteiger partial charge in [0.25, 0.3) is 0 Å². The Labute approximate surface area is 125 Å². The molecular weight excluding hydrogens is 268 g/mol. The van der Waals surface area contributed by atoms with Gasteiger partial charge in [-0.15, -0.1) is 11.8 Å². The molecule has 0 spiro atoms. The van der Waals surface area contributed by atoms with Crippen molar-refractivity contribution in [2.24, 2.45) is 9.98 Å². The third-order valence-electron chi connectivity index (χ3n) is 4.27. The molecule has 0 radical (unpaired) electrons. The molecule has 3 nitrogen and oxygen atoms in total. The van der Waals surface area contributed by atoms with E-state index < -0.39 is 0 Å². The third kappa shape index (κ3) is 3.00. The Balaban J connectivity index is 1.82. The van der Waals surface area contributed by atoms with Crippen molar-refractivity contribution in [3.63, 3.8) is 0 Å². The van der Waals surface area contributed by atoms with Crippen LogP contribution in [0.1, 0.15) is 51.4 Å². The second-order valence-corrected chi connectivity index (χ2v) is 6.70. The van der Waals surface area contributed by atoms with Gasteiger partial charge < -0.3 is 4.74 Å². The lowest BCUT2D eigenvalue weighted by Crippen LogP contribution is -2.17. The van der Waals surface area contributed by atoms with Crippen LogP contribution >= 0.6 is 11.8 Å². The quantitative estimate of drug-likeness (QED) is 0.435. The summed E-state index contributed by atoms with van der Waals surface area (Å²) in [6, 6.07) is 0. The molecule has 3 rings (SSSR count). The van der Waals surface area contributed by atoms with Crippen molar-refractivity contribution in [1.29, 1.82) is 0 Å². The summed E-state index contributed by atoms with van der Waals surface area (Å²) < 4.78 is 6.23. The number of hydrogen-bond donors (Lipinski definition) is 0. The van der Waals surface area contributed by atoms with E-state index in [-0.39, 0.29) is 0 Å². The van der Waals surface area contributed by atoms with Gasteiger partial charge in [-0.3, -0.25) is 4.99 Å². The molecule has 0 bridgehead atoms. The van der Waals surface area contributed by atoms with Crippen LogP contribution < -0.4 is 0 Å². The van der Waals surface area contributed by atoms with Crippen LogP contribution in [0.5, 0.6) is 0 Å². The molecular formula is C16H22N2OS. The Bertz CT molecular complexity index is 473. The SMILES string of the molecule is C=NC=NC(OC1CCCCC1)=C1CSC2=C1CCC2. The van der Waals surface area contributed by atoms with E-state index in [0.717, 1.165) is 24.5 Å². The monoisotopic (exact) mass is 290 g/mol. The van der Waals surface area contributed by atoms with Crippen molar-refractivity contribution < 1.29 is 4.74 Å². The summed E-state index contributed by atoms with van der Waals surface area (Å²) in [6.45, 7) is 3.48. The molecule has 3 aliphatic rings. The summed E-state index contributed by atoms with van der Waals surface area (Å²) in [7, 11) is 0. The zero-order valence-electron chi connectivity index (χ0n) is 11.9. The summed E-state index contributed by atoms with van der Waals surface area (Å²) >= 11 is 1.97. The molecule has 0 amide bonds. The molecule has 20 heavy (non-hydrogen) atoms. The predicted octanol–water partition coefficient (Wildman–Crippen LogP) is 4.46. The lowest BCUT2D eigenvalue weighted by atomic mass is 9.98. The van der Waals surface area contributed by atoms with E-state index in [4.69, 9.17) is 4.74 Å². The maximum absolute atomic E-state index is 6.23. The Hall–Kier alpha value is -1.03. The average molecular weight is 290 g/mol. The Morgan fingerprint density at radius 3 is 2.85 bits per heavy atom. The van der Waals surface area contributed by atoms with Crippen LogP contribution in [-0.2, 0) is 4.74 Å². The minimum absolute atomic E-state index is 0.337. The zero-order chi connectivity index (χ0) is 13.8. The fourth-order valence-electron chi connectivity index (χ4n) is 3.25. The van der Waals surface area contributed by atoms with Crippen LogP contribution in [0.15, 0.2) is 31.9 Å². The topological polar surface area (TPSA) is 34.0 Å². The summed E-state index contributed by atoms with van der Waals surface area (Å²) in [5.41, 5.74) is 2.81. The zero-order valence-corrected chi connectivity index (χ0v) is 12.8. The lowest BCUT2D eigenvalue weighted by molar-refractivity contribution is 0.0799. The Morgan fingerprint density at radius 1 is 1.20 bits per heavy atom.